The third-order valence-corrected chi connectivity index (χ3v) is 14.1. The maximum atomic E-state index is 12.9. The Bertz CT molecular complexity index is 1910. The third-order valence-electron chi connectivity index (χ3n) is 11.5. The Kier molecular flexibility index (Phi) is 33.6. The molecule has 1 aliphatic heterocycles. The number of hydrogen-bond acceptors (Lipinski definition) is 16. The van der Waals surface area contributed by atoms with Crippen molar-refractivity contribution in [2.75, 3.05) is 25.6 Å². The predicted octanol–water partition coefficient (Wildman–Crippen LogP) is 9.38. The van der Waals surface area contributed by atoms with E-state index in [-0.39, 0.29) is 24.8 Å². The summed E-state index contributed by atoms with van der Waals surface area (Å²) in [6, 6.07) is 1.24. The van der Waals surface area contributed by atoms with Gasteiger partial charge in [-0.15, -0.1) is 0 Å². The number of phosphoric acid groups is 2. The van der Waals surface area contributed by atoms with Gasteiger partial charge in [0, 0.05) is 19.0 Å². The first-order valence-corrected chi connectivity index (χ1v) is 28.6. The van der Waals surface area contributed by atoms with Gasteiger partial charge in [-0.3, -0.25) is 23.2 Å². The second kappa shape index (κ2) is 37.4. The number of aromatic nitrogens is 2. The summed E-state index contributed by atoms with van der Waals surface area (Å²) in [5, 5.41) is 30.5. The average molecular weight is 1050 g/mol. The predicted molar refractivity (Wildman–Crippen MR) is 272 cm³/mol. The van der Waals surface area contributed by atoms with Gasteiger partial charge in [0.15, 0.2) is 12.3 Å². The molecule has 2 rings (SSSR count). The van der Waals surface area contributed by atoms with Crippen molar-refractivity contribution in [1.82, 2.24) is 9.55 Å². The molecule has 1 aromatic rings. The molecular formula is C50H85N3O16P2. The van der Waals surface area contributed by atoms with Crippen LogP contribution in [0.25, 0.3) is 0 Å². The van der Waals surface area contributed by atoms with E-state index >= 15 is 0 Å². The van der Waals surface area contributed by atoms with E-state index in [0.717, 1.165) is 80.9 Å². The smallest absolute Gasteiger partial charge is 0.462 e. The Hall–Kier alpha value is -3.32. The number of nitrogen functional groups attached to an aromatic ring is 1. The molecule has 0 aromatic carbocycles. The lowest BCUT2D eigenvalue weighted by Crippen LogP contribution is -2.36. The van der Waals surface area contributed by atoms with Gasteiger partial charge in [-0.1, -0.05) is 146 Å². The number of hydrogen-bond donors (Lipinski definition) is 6. The van der Waals surface area contributed by atoms with Gasteiger partial charge in [0.05, 0.1) is 19.3 Å². The van der Waals surface area contributed by atoms with Crippen molar-refractivity contribution in [2.45, 2.75) is 205 Å². The summed E-state index contributed by atoms with van der Waals surface area (Å²) in [6.45, 7) is 4.12. The van der Waals surface area contributed by atoms with E-state index in [9.17, 15) is 48.6 Å². The number of anilines is 1. The zero-order valence-corrected chi connectivity index (χ0v) is 44.1. The minimum absolute atomic E-state index is 0.0322. The van der Waals surface area contributed by atoms with E-state index in [4.69, 9.17) is 29.0 Å². The van der Waals surface area contributed by atoms with Crippen molar-refractivity contribution in [3.8, 4) is 0 Å². The average Bonchev–Trinajstić information content (AvgIpc) is 3.59. The molecule has 1 saturated heterocycles. The molecule has 19 nitrogen and oxygen atoms in total. The molecule has 71 heavy (non-hydrogen) atoms. The van der Waals surface area contributed by atoms with Crippen LogP contribution >= 0.6 is 15.6 Å². The maximum Gasteiger partial charge on any atom is 0.481 e. The number of unbranched alkanes of at least 4 members (excludes halogenated alkanes) is 12. The highest BCUT2D eigenvalue weighted by Gasteiger charge is 2.46. The molecule has 0 bridgehead atoms. The first kappa shape index (κ1) is 63.8. The molecule has 8 atom stereocenters. The molecule has 21 heteroatoms. The number of aliphatic hydroxyl groups excluding tert-OH is 3. The Morgan fingerprint density at radius 2 is 1.28 bits per heavy atom. The molecule has 0 radical (unpaired) electrons. The van der Waals surface area contributed by atoms with Gasteiger partial charge >= 0.3 is 33.3 Å². The van der Waals surface area contributed by atoms with Gasteiger partial charge < -0.3 is 45.1 Å². The molecule has 1 aliphatic rings. The van der Waals surface area contributed by atoms with Crippen LogP contribution in [0.15, 0.2) is 65.7 Å². The molecule has 0 amide bonds. The number of phosphoric ester groups is 2. The molecule has 0 spiro atoms. The summed E-state index contributed by atoms with van der Waals surface area (Å²) in [5.41, 5.74) is 4.58. The van der Waals surface area contributed by atoms with Crippen molar-refractivity contribution in [2.24, 2.45) is 5.92 Å². The summed E-state index contributed by atoms with van der Waals surface area (Å²) >= 11 is 0. The minimum Gasteiger partial charge on any atom is -0.462 e. The van der Waals surface area contributed by atoms with E-state index < -0.39 is 83.7 Å². The SMILES string of the molecule is CC[C@H](O)CC/C=C\C/C=C\C/C=C\C/C=C\CCCC(=O)OC[C@H](COP(=O)(O)OP(=O)(O)OC[C@H]1O[C@@H](n2ccc(N)nc2=O)[C@H](O)[C@@H]1O)OC(=O)CCCCCCCCCCCCCCC(C)C. The van der Waals surface area contributed by atoms with Crippen LogP contribution in [0, 0.1) is 5.92 Å². The highest BCUT2D eigenvalue weighted by atomic mass is 31.3. The van der Waals surface area contributed by atoms with Crippen LogP contribution in [-0.4, -0.2) is 96.9 Å². The monoisotopic (exact) mass is 1050 g/mol. The van der Waals surface area contributed by atoms with Crippen LogP contribution in [0.1, 0.15) is 175 Å². The van der Waals surface area contributed by atoms with Crippen LogP contribution < -0.4 is 11.4 Å². The summed E-state index contributed by atoms with van der Waals surface area (Å²) in [7, 11) is -10.9. The number of esters is 2. The molecule has 2 heterocycles. The largest absolute Gasteiger partial charge is 0.481 e. The first-order valence-electron chi connectivity index (χ1n) is 25.6. The first-order chi connectivity index (χ1) is 33.9. The number of carbonyl (C=O) groups excluding carboxylic acids is 2. The van der Waals surface area contributed by atoms with Gasteiger partial charge in [0.2, 0.25) is 0 Å². The lowest BCUT2D eigenvalue weighted by atomic mass is 10.0. The van der Waals surface area contributed by atoms with Crippen molar-refractivity contribution >= 4 is 33.4 Å². The van der Waals surface area contributed by atoms with Gasteiger partial charge in [0.25, 0.3) is 0 Å². The number of allylic oxidation sites excluding steroid dienone is 8. The van der Waals surface area contributed by atoms with Crippen molar-refractivity contribution in [3.05, 3.63) is 71.4 Å². The second-order valence-electron chi connectivity index (χ2n) is 18.3. The normalized spacial score (nSPS) is 20.1. The highest BCUT2D eigenvalue weighted by Crippen LogP contribution is 2.60. The molecule has 7 N–H and O–H groups in total. The lowest BCUT2D eigenvalue weighted by Gasteiger charge is -2.21. The Balaban J connectivity index is 1.82. The fraction of sp³-hybridized carbons (Fsp3) is 0.720. The molecule has 1 fully saturated rings. The summed E-state index contributed by atoms with van der Waals surface area (Å²) in [5.74, 6) is -0.616. The van der Waals surface area contributed by atoms with Gasteiger partial charge in [0.1, 0.15) is 30.7 Å². The number of ether oxygens (including phenoxy) is 3. The van der Waals surface area contributed by atoms with Gasteiger partial charge in [-0.25, -0.2) is 13.9 Å². The molecule has 2 unspecified atom stereocenters. The number of nitrogens with two attached hydrogens (primary N) is 1. The molecule has 0 aliphatic carbocycles. The fourth-order valence-corrected chi connectivity index (χ4v) is 9.46. The van der Waals surface area contributed by atoms with Gasteiger partial charge in [-0.2, -0.15) is 9.29 Å². The van der Waals surface area contributed by atoms with E-state index in [1.54, 1.807) is 0 Å². The van der Waals surface area contributed by atoms with Crippen LogP contribution in [0.4, 0.5) is 5.82 Å². The number of nitrogens with zero attached hydrogens (tertiary/aromatic N) is 2. The number of carbonyl (C=O) groups is 2. The quantitative estimate of drug-likeness (QED) is 0.0154. The standard InChI is InChI=1S/C50H85N3O16P2/c1-4-41(54)32-28-24-20-16-12-7-5-6-8-13-17-21-25-29-33-45(55)64-37-42(67-46(56)34-30-26-22-18-14-10-9-11-15-19-23-27-31-40(2)3)38-65-70(60,61)69-71(62,63)66-39-43-47(57)48(58)49(68-43)53-36-35-44(51)52-50(53)59/h6-8,12,17,20-21,24,35-36,40-43,47-49,54,57-58H,4-5,9-11,13-16,18-19,22-23,25-34,37-39H2,1-3H3,(H,60,61)(H,62,63)(H2,51,52,59)/b8-6-,12-7-,21-17-,24-20-/t41-,42+,43+,47+,48+,49+/m0/s1. The Labute approximate surface area is 421 Å². The molecular weight excluding hydrogens is 961 g/mol. The van der Waals surface area contributed by atoms with E-state index in [1.807, 2.05) is 25.2 Å². The maximum absolute atomic E-state index is 12.9. The van der Waals surface area contributed by atoms with E-state index in [2.05, 4.69) is 53.5 Å². The Morgan fingerprint density at radius 3 is 1.86 bits per heavy atom. The van der Waals surface area contributed by atoms with E-state index in [0.29, 0.717) is 19.3 Å². The van der Waals surface area contributed by atoms with Crippen LogP contribution in [-0.2, 0) is 46.3 Å². The third kappa shape index (κ3) is 31.1. The summed E-state index contributed by atoms with van der Waals surface area (Å²) in [4.78, 5) is 61.9. The zero-order valence-electron chi connectivity index (χ0n) is 42.3. The van der Waals surface area contributed by atoms with Crippen molar-refractivity contribution < 1.29 is 71.4 Å². The fourth-order valence-electron chi connectivity index (χ4n) is 7.35. The van der Waals surface area contributed by atoms with Crippen LogP contribution in [0.2, 0.25) is 0 Å². The van der Waals surface area contributed by atoms with Crippen LogP contribution in [0.3, 0.4) is 0 Å². The molecule has 406 valence electrons. The number of rotatable bonds is 41. The number of aliphatic hydroxyl groups is 3. The molecule has 0 saturated carbocycles. The highest BCUT2D eigenvalue weighted by molar-refractivity contribution is 7.61. The van der Waals surface area contributed by atoms with E-state index in [1.165, 1.54) is 57.4 Å². The second-order valence-corrected chi connectivity index (χ2v) is 21.3. The van der Waals surface area contributed by atoms with Crippen molar-refractivity contribution in [1.29, 1.82) is 0 Å². The van der Waals surface area contributed by atoms with Gasteiger partial charge in [-0.05, 0) is 69.8 Å². The Morgan fingerprint density at radius 1 is 0.746 bits per heavy atom. The van der Waals surface area contributed by atoms with Crippen molar-refractivity contribution in [3.63, 3.8) is 0 Å². The minimum atomic E-state index is -5.44. The lowest BCUT2D eigenvalue weighted by molar-refractivity contribution is -0.161. The zero-order chi connectivity index (χ0) is 52.3. The summed E-state index contributed by atoms with van der Waals surface area (Å²) < 4.78 is 56.7. The molecule has 1 aromatic heterocycles. The topological polar surface area (TPSA) is 286 Å². The summed E-state index contributed by atoms with van der Waals surface area (Å²) in [6.07, 6.45) is 30.1. The van der Waals surface area contributed by atoms with Crippen LogP contribution in [0.5, 0.6) is 0 Å².